The molecule has 4 rings (SSSR count). The number of amides is 1. The number of rotatable bonds is 4. The van der Waals surface area contributed by atoms with Gasteiger partial charge in [-0.15, -0.1) is 0 Å². The lowest BCUT2D eigenvalue weighted by molar-refractivity contribution is -0.131. The molecule has 0 heterocycles. The molecule has 0 bridgehead atoms. The van der Waals surface area contributed by atoms with Crippen molar-refractivity contribution in [2.75, 3.05) is 6.54 Å². The molecule has 0 saturated heterocycles. The van der Waals surface area contributed by atoms with Gasteiger partial charge in [0.05, 0.1) is 6.10 Å². The van der Waals surface area contributed by atoms with Crippen LogP contribution in [-0.4, -0.2) is 23.7 Å². The molecule has 4 aliphatic carbocycles. The zero-order chi connectivity index (χ0) is 19.2. The van der Waals surface area contributed by atoms with Crippen molar-refractivity contribution in [2.24, 2.45) is 34.5 Å². The first kappa shape index (κ1) is 19.5. The molecule has 0 aliphatic heterocycles. The maximum absolute atomic E-state index is 12.9. The van der Waals surface area contributed by atoms with Crippen LogP contribution in [0.1, 0.15) is 85.0 Å². The molecule has 0 aromatic carbocycles. The van der Waals surface area contributed by atoms with Crippen molar-refractivity contribution in [3.05, 3.63) is 11.6 Å². The zero-order valence-electron chi connectivity index (χ0n) is 17.6. The lowest BCUT2D eigenvalue weighted by Crippen LogP contribution is -2.51. The quantitative estimate of drug-likeness (QED) is 0.547. The smallest absolute Gasteiger partial charge is 0.223 e. The first-order valence-electron chi connectivity index (χ1n) is 11.6. The summed E-state index contributed by atoms with van der Waals surface area (Å²) in [6.45, 7) is 7.92. The van der Waals surface area contributed by atoms with Gasteiger partial charge in [0.25, 0.3) is 0 Å². The fourth-order valence-corrected chi connectivity index (χ4v) is 7.58. The topological polar surface area (TPSA) is 49.3 Å². The fourth-order valence-electron chi connectivity index (χ4n) is 7.58. The molecular weight excluding hydrogens is 334 g/mol. The Labute approximate surface area is 165 Å². The van der Waals surface area contributed by atoms with Gasteiger partial charge in [-0.05, 0) is 86.4 Å². The predicted octanol–water partition coefficient (Wildman–Crippen LogP) is 4.84. The van der Waals surface area contributed by atoms with E-state index in [1.807, 2.05) is 0 Å². The second-order valence-electron chi connectivity index (χ2n) is 10.5. The van der Waals surface area contributed by atoms with Crippen LogP contribution in [0.3, 0.4) is 0 Å². The molecule has 3 fully saturated rings. The largest absolute Gasteiger partial charge is 0.393 e. The molecule has 0 spiro atoms. The average molecular weight is 374 g/mol. The summed E-state index contributed by atoms with van der Waals surface area (Å²) < 4.78 is 0. The van der Waals surface area contributed by atoms with Crippen LogP contribution in [0.5, 0.6) is 0 Å². The molecule has 3 saturated carbocycles. The second kappa shape index (κ2) is 7.21. The Morgan fingerprint density at radius 2 is 2.00 bits per heavy atom. The van der Waals surface area contributed by atoms with Crippen LogP contribution >= 0.6 is 0 Å². The third kappa shape index (κ3) is 3.09. The summed E-state index contributed by atoms with van der Waals surface area (Å²) in [7, 11) is 0. The zero-order valence-corrected chi connectivity index (χ0v) is 17.6. The Kier molecular flexibility index (Phi) is 5.20. The van der Waals surface area contributed by atoms with Crippen LogP contribution in [0.25, 0.3) is 0 Å². The van der Waals surface area contributed by atoms with E-state index in [2.05, 4.69) is 32.2 Å². The number of aliphatic hydroxyl groups excluding tert-OH is 1. The Morgan fingerprint density at radius 3 is 2.78 bits per heavy atom. The SMILES string of the molecule is CCCCNC(=O)[C@H]1CC[C@H]2[C@@H]3CC=C4C[C@@H](O)CC[C@]4(C)[C@H]3CC[C@]12C. The molecule has 7 atom stereocenters. The van der Waals surface area contributed by atoms with Crippen molar-refractivity contribution in [2.45, 2.75) is 91.1 Å². The van der Waals surface area contributed by atoms with Crippen LogP contribution in [0, 0.1) is 34.5 Å². The molecule has 2 N–H and O–H groups in total. The van der Waals surface area contributed by atoms with E-state index in [0.29, 0.717) is 17.2 Å². The molecule has 152 valence electrons. The number of allylic oxidation sites excluding steroid dienone is 1. The Balaban J connectivity index is 1.53. The summed E-state index contributed by atoms with van der Waals surface area (Å²) in [6.07, 6.45) is 13.5. The highest BCUT2D eigenvalue weighted by molar-refractivity contribution is 5.80. The highest BCUT2D eigenvalue weighted by atomic mass is 16.3. The van der Waals surface area contributed by atoms with Crippen molar-refractivity contribution in [3.63, 3.8) is 0 Å². The van der Waals surface area contributed by atoms with Gasteiger partial charge >= 0.3 is 0 Å². The predicted molar refractivity (Wildman–Crippen MR) is 109 cm³/mol. The number of fused-ring (bicyclic) bond motifs is 5. The molecular formula is C24H39NO2. The molecule has 3 nitrogen and oxygen atoms in total. The van der Waals surface area contributed by atoms with Crippen LogP contribution in [0.15, 0.2) is 11.6 Å². The maximum Gasteiger partial charge on any atom is 0.223 e. The summed E-state index contributed by atoms with van der Waals surface area (Å²) in [5.41, 5.74) is 2.02. The van der Waals surface area contributed by atoms with E-state index in [-0.39, 0.29) is 17.4 Å². The van der Waals surface area contributed by atoms with Gasteiger partial charge in [0.2, 0.25) is 5.91 Å². The van der Waals surface area contributed by atoms with Gasteiger partial charge in [0, 0.05) is 12.5 Å². The minimum absolute atomic E-state index is 0.127. The fraction of sp³-hybridized carbons (Fsp3) is 0.875. The standard InChI is InChI=1S/C24H39NO2/c1-4-5-14-25-22(27)21-9-8-19-18-7-6-16-15-17(26)10-12-23(16,2)20(18)11-13-24(19,21)3/h6,17-21,26H,4-5,7-15H2,1-3H3,(H,25,27)/t17-,18-,19-,20-,21+,23-,24-/m0/s1. The minimum Gasteiger partial charge on any atom is -0.393 e. The summed E-state index contributed by atoms with van der Waals surface area (Å²) >= 11 is 0. The van der Waals surface area contributed by atoms with Gasteiger partial charge < -0.3 is 10.4 Å². The van der Waals surface area contributed by atoms with E-state index in [9.17, 15) is 9.90 Å². The Hall–Kier alpha value is -0.830. The maximum atomic E-state index is 12.9. The van der Waals surface area contributed by atoms with Crippen LogP contribution in [-0.2, 0) is 4.79 Å². The molecule has 0 radical (unpaired) electrons. The highest BCUT2D eigenvalue weighted by Crippen LogP contribution is 2.66. The van der Waals surface area contributed by atoms with Crippen LogP contribution in [0.4, 0.5) is 0 Å². The molecule has 0 unspecified atom stereocenters. The molecule has 3 heteroatoms. The minimum atomic E-state index is -0.127. The summed E-state index contributed by atoms with van der Waals surface area (Å²) in [5.74, 6) is 2.73. The average Bonchev–Trinajstić information content (AvgIpc) is 3.00. The van der Waals surface area contributed by atoms with E-state index < -0.39 is 0 Å². The van der Waals surface area contributed by atoms with Crippen LogP contribution in [0.2, 0.25) is 0 Å². The third-order valence-corrected chi connectivity index (χ3v) is 9.22. The van der Waals surface area contributed by atoms with E-state index in [1.165, 1.54) is 31.3 Å². The lowest BCUT2D eigenvalue weighted by atomic mass is 9.47. The van der Waals surface area contributed by atoms with E-state index in [1.54, 1.807) is 0 Å². The van der Waals surface area contributed by atoms with Gasteiger partial charge in [-0.1, -0.05) is 38.8 Å². The van der Waals surface area contributed by atoms with Crippen molar-refractivity contribution in [1.82, 2.24) is 5.32 Å². The lowest BCUT2D eigenvalue weighted by Gasteiger charge is -2.57. The first-order chi connectivity index (χ1) is 12.9. The highest BCUT2D eigenvalue weighted by Gasteiger charge is 2.59. The number of hydrogen-bond donors (Lipinski definition) is 2. The van der Waals surface area contributed by atoms with Gasteiger partial charge in [-0.25, -0.2) is 0 Å². The number of nitrogens with one attached hydrogen (secondary N) is 1. The number of carbonyl (C=O) groups excluding carboxylic acids is 1. The first-order valence-corrected chi connectivity index (χ1v) is 11.6. The number of hydrogen-bond acceptors (Lipinski definition) is 2. The van der Waals surface area contributed by atoms with E-state index in [4.69, 9.17) is 0 Å². The molecule has 0 aromatic rings. The summed E-state index contributed by atoms with van der Waals surface area (Å²) in [5, 5.41) is 13.4. The van der Waals surface area contributed by atoms with E-state index in [0.717, 1.165) is 56.9 Å². The summed E-state index contributed by atoms with van der Waals surface area (Å²) in [6, 6.07) is 0. The van der Waals surface area contributed by atoms with Gasteiger partial charge in [0.15, 0.2) is 0 Å². The molecule has 1 amide bonds. The van der Waals surface area contributed by atoms with Crippen molar-refractivity contribution in [1.29, 1.82) is 0 Å². The Morgan fingerprint density at radius 1 is 1.19 bits per heavy atom. The molecule has 4 aliphatic rings. The third-order valence-electron chi connectivity index (χ3n) is 9.22. The van der Waals surface area contributed by atoms with Gasteiger partial charge in [-0.3, -0.25) is 4.79 Å². The summed E-state index contributed by atoms with van der Waals surface area (Å²) in [4.78, 5) is 12.9. The van der Waals surface area contributed by atoms with Crippen LogP contribution < -0.4 is 5.32 Å². The number of unbranched alkanes of at least 4 members (excludes halogenated alkanes) is 1. The molecule has 0 aromatic heterocycles. The van der Waals surface area contributed by atoms with Crippen molar-refractivity contribution in [3.8, 4) is 0 Å². The molecule has 27 heavy (non-hydrogen) atoms. The normalized spacial score (nSPS) is 46.1. The van der Waals surface area contributed by atoms with Crippen molar-refractivity contribution < 1.29 is 9.90 Å². The number of carbonyl (C=O) groups is 1. The van der Waals surface area contributed by atoms with Gasteiger partial charge in [0.1, 0.15) is 0 Å². The Bertz CT molecular complexity index is 614. The van der Waals surface area contributed by atoms with Gasteiger partial charge in [-0.2, -0.15) is 0 Å². The van der Waals surface area contributed by atoms with Crippen molar-refractivity contribution >= 4 is 5.91 Å². The second-order valence-corrected chi connectivity index (χ2v) is 10.5. The number of aliphatic hydroxyl groups is 1. The van der Waals surface area contributed by atoms with E-state index >= 15 is 0 Å². The monoisotopic (exact) mass is 373 g/mol.